The van der Waals surface area contributed by atoms with Crippen molar-refractivity contribution >= 4 is 10.9 Å². The molecule has 3 nitrogen and oxygen atoms in total. The number of hydrogen-bond donors (Lipinski definition) is 1. The Hall–Kier alpha value is -1.45. The fourth-order valence-electron chi connectivity index (χ4n) is 2.52. The summed E-state index contributed by atoms with van der Waals surface area (Å²) in [5.74, 6) is 0. The monoisotopic (exact) mass is 242 g/mol. The van der Waals surface area contributed by atoms with Gasteiger partial charge < -0.3 is 10.1 Å². The van der Waals surface area contributed by atoms with Crippen LogP contribution in [0.3, 0.4) is 0 Å². The molecule has 1 aliphatic heterocycles. The van der Waals surface area contributed by atoms with E-state index in [1.165, 1.54) is 16.5 Å². The Morgan fingerprint density at radius 1 is 1.33 bits per heavy atom. The van der Waals surface area contributed by atoms with Crippen LogP contribution in [0.5, 0.6) is 0 Å². The third-order valence-corrected chi connectivity index (χ3v) is 3.52. The van der Waals surface area contributed by atoms with Gasteiger partial charge >= 0.3 is 0 Å². The number of ether oxygens (including phenoxy) is 1. The van der Waals surface area contributed by atoms with Gasteiger partial charge in [-0.25, -0.2) is 0 Å². The van der Waals surface area contributed by atoms with Crippen molar-refractivity contribution in [3.63, 3.8) is 0 Å². The Balaban J connectivity index is 1.97. The maximum Gasteiger partial charge on any atom is 0.0731 e. The Morgan fingerprint density at radius 2 is 2.28 bits per heavy atom. The lowest BCUT2D eigenvalue weighted by Gasteiger charge is -2.15. The van der Waals surface area contributed by atoms with E-state index in [-0.39, 0.29) is 0 Å². The number of benzene rings is 1. The van der Waals surface area contributed by atoms with Crippen LogP contribution in [-0.4, -0.2) is 24.7 Å². The molecule has 1 fully saturated rings. The summed E-state index contributed by atoms with van der Waals surface area (Å²) < 4.78 is 5.47. The summed E-state index contributed by atoms with van der Waals surface area (Å²) in [5, 5.41) is 4.73. The molecule has 1 saturated heterocycles. The second-order valence-corrected chi connectivity index (χ2v) is 4.82. The minimum atomic E-state index is 0.366. The highest BCUT2D eigenvalue weighted by Gasteiger charge is 2.14. The number of fused-ring (bicyclic) bond motifs is 1. The average Bonchev–Trinajstić information content (AvgIpc) is 2.67. The molecule has 0 spiro atoms. The summed E-state index contributed by atoms with van der Waals surface area (Å²) in [6.45, 7) is 4.64. The van der Waals surface area contributed by atoms with Crippen molar-refractivity contribution in [2.75, 3.05) is 19.8 Å². The SMILES string of the molecule is Cc1cccc2cc(C3CCOCCN3)cnc12. The molecule has 2 heterocycles. The van der Waals surface area contributed by atoms with Gasteiger partial charge in [0.1, 0.15) is 0 Å². The number of nitrogens with zero attached hydrogens (tertiary/aromatic N) is 1. The van der Waals surface area contributed by atoms with E-state index in [4.69, 9.17) is 4.74 Å². The van der Waals surface area contributed by atoms with Gasteiger partial charge in [0, 0.05) is 30.8 Å². The van der Waals surface area contributed by atoms with Gasteiger partial charge in [0.15, 0.2) is 0 Å². The molecular weight excluding hydrogens is 224 g/mol. The average molecular weight is 242 g/mol. The fourth-order valence-corrected chi connectivity index (χ4v) is 2.52. The number of aryl methyl sites for hydroxylation is 1. The molecule has 0 aliphatic carbocycles. The Morgan fingerprint density at radius 3 is 3.22 bits per heavy atom. The number of pyridine rings is 1. The van der Waals surface area contributed by atoms with Crippen molar-refractivity contribution in [1.82, 2.24) is 10.3 Å². The second-order valence-electron chi connectivity index (χ2n) is 4.82. The highest BCUT2D eigenvalue weighted by atomic mass is 16.5. The van der Waals surface area contributed by atoms with Crippen molar-refractivity contribution in [2.45, 2.75) is 19.4 Å². The summed E-state index contributed by atoms with van der Waals surface area (Å²) >= 11 is 0. The van der Waals surface area contributed by atoms with E-state index in [2.05, 4.69) is 41.5 Å². The molecule has 1 atom stereocenters. The molecule has 0 saturated carbocycles. The van der Waals surface area contributed by atoms with Crippen LogP contribution in [0.25, 0.3) is 10.9 Å². The number of nitrogens with one attached hydrogen (secondary N) is 1. The number of aromatic nitrogens is 1. The Kier molecular flexibility index (Phi) is 3.26. The first-order valence-corrected chi connectivity index (χ1v) is 6.51. The van der Waals surface area contributed by atoms with Gasteiger partial charge in [0.05, 0.1) is 12.1 Å². The zero-order chi connectivity index (χ0) is 12.4. The van der Waals surface area contributed by atoms with E-state index in [1.807, 2.05) is 6.20 Å². The third kappa shape index (κ3) is 2.24. The van der Waals surface area contributed by atoms with Gasteiger partial charge in [0.2, 0.25) is 0 Å². The molecule has 94 valence electrons. The minimum Gasteiger partial charge on any atom is -0.380 e. The molecule has 2 aromatic rings. The van der Waals surface area contributed by atoms with Crippen molar-refractivity contribution in [3.8, 4) is 0 Å². The first-order chi connectivity index (χ1) is 8.84. The summed E-state index contributed by atoms with van der Waals surface area (Å²) in [4.78, 5) is 4.61. The summed E-state index contributed by atoms with van der Waals surface area (Å²) in [6, 6.07) is 8.94. The summed E-state index contributed by atoms with van der Waals surface area (Å²) in [7, 11) is 0. The largest absolute Gasteiger partial charge is 0.380 e. The van der Waals surface area contributed by atoms with Crippen molar-refractivity contribution in [1.29, 1.82) is 0 Å². The molecule has 3 heteroatoms. The van der Waals surface area contributed by atoms with E-state index in [1.54, 1.807) is 0 Å². The molecule has 1 aromatic heterocycles. The van der Waals surface area contributed by atoms with Crippen molar-refractivity contribution in [3.05, 3.63) is 41.6 Å². The van der Waals surface area contributed by atoms with E-state index < -0.39 is 0 Å². The molecule has 1 unspecified atom stereocenters. The van der Waals surface area contributed by atoms with Gasteiger partial charge in [-0.05, 0) is 30.5 Å². The van der Waals surface area contributed by atoms with Gasteiger partial charge in [-0.1, -0.05) is 18.2 Å². The lowest BCUT2D eigenvalue weighted by atomic mass is 10.0. The zero-order valence-corrected chi connectivity index (χ0v) is 10.6. The predicted molar refractivity (Wildman–Crippen MR) is 72.7 cm³/mol. The van der Waals surface area contributed by atoms with Crippen LogP contribution in [-0.2, 0) is 4.74 Å². The molecule has 0 bridgehead atoms. The fraction of sp³-hybridized carbons (Fsp3) is 0.400. The van der Waals surface area contributed by atoms with Crippen LogP contribution in [0.15, 0.2) is 30.5 Å². The van der Waals surface area contributed by atoms with Gasteiger partial charge in [-0.3, -0.25) is 4.98 Å². The smallest absolute Gasteiger partial charge is 0.0731 e. The van der Waals surface area contributed by atoms with E-state index in [0.29, 0.717) is 6.04 Å². The Bertz CT molecular complexity index is 545. The molecule has 18 heavy (non-hydrogen) atoms. The standard InChI is InChI=1S/C15H18N2O/c1-11-3-2-4-12-9-13(10-17-15(11)12)14-5-7-18-8-6-16-14/h2-4,9-10,14,16H,5-8H2,1H3. The summed E-state index contributed by atoms with van der Waals surface area (Å²) in [5.41, 5.74) is 3.60. The molecule has 3 rings (SSSR count). The van der Waals surface area contributed by atoms with Crippen LogP contribution in [0.4, 0.5) is 0 Å². The maximum absolute atomic E-state index is 5.47. The van der Waals surface area contributed by atoms with E-state index in [0.717, 1.165) is 31.7 Å². The Labute approximate surface area is 107 Å². The quantitative estimate of drug-likeness (QED) is 0.834. The molecule has 1 aromatic carbocycles. The van der Waals surface area contributed by atoms with Crippen LogP contribution < -0.4 is 5.32 Å². The van der Waals surface area contributed by atoms with Crippen molar-refractivity contribution < 1.29 is 4.74 Å². The highest BCUT2D eigenvalue weighted by Crippen LogP contribution is 2.23. The van der Waals surface area contributed by atoms with Crippen LogP contribution >= 0.6 is 0 Å². The van der Waals surface area contributed by atoms with Gasteiger partial charge in [-0.15, -0.1) is 0 Å². The molecule has 1 aliphatic rings. The third-order valence-electron chi connectivity index (χ3n) is 3.52. The zero-order valence-electron chi connectivity index (χ0n) is 10.6. The summed E-state index contributed by atoms with van der Waals surface area (Å²) in [6.07, 6.45) is 3.01. The number of rotatable bonds is 1. The van der Waals surface area contributed by atoms with Crippen molar-refractivity contribution in [2.24, 2.45) is 0 Å². The van der Waals surface area contributed by atoms with E-state index >= 15 is 0 Å². The first kappa shape index (κ1) is 11.6. The van der Waals surface area contributed by atoms with Crippen LogP contribution in [0, 0.1) is 6.92 Å². The van der Waals surface area contributed by atoms with E-state index in [9.17, 15) is 0 Å². The maximum atomic E-state index is 5.47. The molecule has 1 N–H and O–H groups in total. The number of para-hydroxylation sites is 1. The van der Waals surface area contributed by atoms with Crippen LogP contribution in [0.1, 0.15) is 23.6 Å². The lowest BCUT2D eigenvalue weighted by molar-refractivity contribution is 0.150. The predicted octanol–water partition coefficient (Wildman–Crippen LogP) is 2.59. The molecular formula is C15H18N2O. The highest BCUT2D eigenvalue weighted by molar-refractivity contribution is 5.82. The molecule has 0 amide bonds. The minimum absolute atomic E-state index is 0.366. The van der Waals surface area contributed by atoms with Gasteiger partial charge in [-0.2, -0.15) is 0 Å². The van der Waals surface area contributed by atoms with Crippen LogP contribution in [0.2, 0.25) is 0 Å². The molecule has 0 radical (unpaired) electrons. The second kappa shape index (κ2) is 5.04. The number of hydrogen-bond acceptors (Lipinski definition) is 3. The lowest BCUT2D eigenvalue weighted by Crippen LogP contribution is -2.22. The topological polar surface area (TPSA) is 34.1 Å². The van der Waals surface area contributed by atoms with Gasteiger partial charge in [0.25, 0.3) is 0 Å². The first-order valence-electron chi connectivity index (χ1n) is 6.51. The normalized spacial score (nSPS) is 20.8.